The van der Waals surface area contributed by atoms with E-state index in [0.717, 1.165) is 35.7 Å². The molecule has 0 saturated heterocycles. The zero-order valence-electron chi connectivity index (χ0n) is 15.0. The summed E-state index contributed by atoms with van der Waals surface area (Å²) in [6.45, 7) is 0. The molecule has 3 fully saturated rings. The average Bonchev–Trinajstić information content (AvgIpc) is 3.27. The third-order valence-corrected chi connectivity index (χ3v) is 8.20. The maximum atomic E-state index is 13.2. The highest BCUT2D eigenvalue weighted by molar-refractivity contribution is 9.10. The molecule has 1 aromatic rings. The monoisotopic (exact) mass is 433 g/mol. The topological polar surface area (TPSA) is 129 Å². The van der Waals surface area contributed by atoms with Gasteiger partial charge in [0.05, 0.1) is 10.8 Å². The molecule has 1 aromatic carbocycles. The van der Waals surface area contributed by atoms with Gasteiger partial charge in [0.15, 0.2) is 0 Å². The van der Waals surface area contributed by atoms with E-state index in [2.05, 4.69) is 15.9 Å². The Morgan fingerprint density at radius 1 is 0.963 bits per heavy atom. The number of primary amides is 3. The van der Waals surface area contributed by atoms with Crippen LogP contribution in [0.15, 0.2) is 28.7 Å². The Morgan fingerprint density at radius 3 is 2.04 bits per heavy atom. The number of rotatable bonds is 6. The number of hydrogen-bond acceptors (Lipinski definition) is 3. The Bertz CT molecular complexity index is 835. The first-order chi connectivity index (χ1) is 12.7. The van der Waals surface area contributed by atoms with Crippen LogP contribution < -0.4 is 17.2 Å². The van der Waals surface area contributed by atoms with Crippen LogP contribution in [0.25, 0.3) is 0 Å². The number of halogens is 1. The SMILES string of the molecule is NC(=O)CC[C@@]1(C(N)=O)[C@@H]2CC[C@@H](C23CC3)[C@@]1(C(N)=O)c1ccc(Br)cc1. The second-order valence-corrected chi connectivity index (χ2v) is 9.31. The molecule has 6 N–H and O–H groups in total. The maximum absolute atomic E-state index is 13.2. The molecule has 3 saturated carbocycles. The first-order valence-corrected chi connectivity index (χ1v) is 10.2. The normalized spacial score (nSPS) is 35.3. The summed E-state index contributed by atoms with van der Waals surface area (Å²) in [5.74, 6) is -1.63. The van der Waals surface area contributed by atoms with Crippen molar-refractivity contribution in [3.63, 3.8) is 0 Å². The summed E-state index contributed by atoms with van der Waals surface area (Å²) in [5, 5.41) is 0. The standard InChI is InChI=1S/C20H24BrN3O3/c21-12-3-1-11(2-4-12)20(17(24)27)14-6-5-13(18(14)9-10-18)19(20,16(23)26)8-7-15(22)25/h1-4,13-14H,5-10H2,(H2,22,25)(H2,23,26)(H2,24,27)/t13-,14+,19+,20-/m1/s1. The van der Waals surface area contributed by atoms with E-state index in [-0.39, 0.29) is 30.1 Å². The Kier molecular flexibility index (Phi) is 3.97. The number of nitrogens with two attached hydrogens (primary N) is 3. The number of benzene rings is 1. The van der Waals surface area contributed by atoms with Crippen LogP contribution in [0.4, 0.5) is 0 Å². The van der Waals surface area contributed by atoms with E-state index in [1.165, 1.54) is 0 Å². The second kappa shape index (κ2) is 5.80. The van der Waals surface area contributed by atoms with Gasteiger partial charge in [0, 0.05) is 10.9 Å². The number of hydrogen-bond donors (Lipinski definition) is 3. The predicted molar refractivity (Wildman–Crippen MR) is 103 cm³/mol. The number of carbonyl (C=O) groups is 3. The summed E-state index contributed by atoms with van der Waals surface area (Å²) in [5.41, 5.74) is 15.8. The molecule has 0 heterocycles. The smallest absolute Gasteiger partial charge is 0.229 e. The molecule has 4 rings (SSSR count). The lowest BCUT2D eigenvalue weighted by Gasteiger charge is -2.50. The van der Waals surface area contributed by atoms with E-state index < -0.39 is 28.6 Å². The van der Waals surface area contributed by atoms with Gasteiger partial charge in [-0.1, -0.05) is 28.1 Å². The molecule has 144 valence electrons. The van der Waals surface area contributed by atoms with Gasteiger partial charge in [-0.15, -0.1) is 0 Å². The first kappa shape index (κ1) is 18.5. The summed E-state index contributed by atoms with van der Waals surface area (Å²) < 4.78 is 0.872. The molecule has 2 bridgehead atoms. The van der Waals surface area contributed by atoms with Gasteiger partial charge >= 0.3 is 0 Å². The van der Waals surface area contributed by atoms with Crippen molar-refractivity contribution >= 4 is 33.7 Å². The average molecular weight is 434 g/mol. The lowest BCUT2D eigenvalue weighted by atomic mass is 9.51. The summed E-state index contributed by atoms with van der Waals surface area (Å²) in [7, 11) is 0. The highest BCUT2D eigenvalue weighted by atomic mass is 79.9. The first-order valence-electron chi connectivity index (χ1n) is 9.37. The maximum Gasteiger partial charge on any atom is 0.229 e. The molecule has 3 aliphatic carbocycles. The van der Waals surface area contributed by atoms with Gasteiger partial charge in [-0.2, -0.15) is 0 Å². The molecule has 0 aromatic heterocycles. The predicted octanol–water partition coefficient (Wildman–Crippen LogP) is 1.73. The minimum Gasteiger partial charge on any atom is -0.370 e. The van der Waals surface area contributed by atoms with Gasteiger partial charge in [-0.05, 0) is 67.1 Å². The van der Waals surface area contributed by atoms with Gasteiger partial charge in [0.25, 0.3) is 0 Å². The molecule has 0 radical (unpaired) electrons. The quantitative estimate of drug-likeness (QED) is 0.631. The van der Waals surface area contributed by atoms with Crippen LogP contribution in [0.3, 0.4) is 0 Å². The van der Waals surface area contributed by atoms with Crippen molar-refractivity contribution in [3.05, 3.63) is 34.3 Å². The van der Waals surface area contributed by atoms with Crippen LogP contribution in [0.1, 0.15) is 44.1 Å². The molecular formula is C20H24BrN3O3. The van der Waals surface area contributed by atoms with Crippen LogP contribution in [-0.4, -0.2) is 17.7 Å². The summed E-state index contributed by atoms with van der Waals surface area (Å²) >= 11 is 3.42. The van der Waals surface area contributed by atoms with Crippen LogP contribution in [0.2, 0.25) is 0 Å². The van der Waals surface area contributed by atoms with Gasteiger partial charge in [0.1, 0.15) is 0 Å². The minimum atomic E-state index is -1.20. The third kappa shape index (κ3) is 2.09. The summed E-state index contributed by atoms with van der Waals surface area (Å²) in [4.78, 5) is 37.8. The third-order valence-electron chi connectivity index (χ3n) is 7.67. The Hall–Kier alpha value is -1.89. The van der Waals surface area contributed by atoms with Crippen molar-refractivity contribution in [2.75, 3.05) is 0 Å². The molecule has 7 heteroatoms. The van der Waals surface area contributed by atoms with Crippen molar-refractivity contribution in [2.45, 2.75) is 43.9 Å². The fraction of sp³-hybridized carbons (Fsp3) is 0.550. The van der Waals surface area contributed by atoms with E-state index in [1.54, 1.807) is 0 Å². The van der Waals surface area contributed by atoms with E-state index in [9.17, 15) is 14.4 Å². The highest BCUT2D eigenvalue weighted by Crippen LogP contribution is 2.82. The summed E-state index contributed by atoms with van der Waals surface area (Å²) in [6, 6.07) is 7.41. The molecular weight excluding hydrogens is 410 g/mol. The van der Waals surface area contributed by atoms with Crippen LogP contribution >= 0.6 is 15.9 Å². The fourth-order valence-electron chi connectivity index (χ4n) is 6.85. The zero-order chi connectivity index (χ0) is 19.6. The van der Waals surface area contributed by atoms with E-state index in [4.69, 9.17) is 17.2 Å². The molecule has 3 amide bonds. The lowest BCUT2D eigenvalue weighted by molar-refractivity contribution is -0.148. The molecule has 3 aliphatic rings. The van der Waals surface area contributed by atoms with E-state index in [0.29, 0.717) is 0 Å². The van der Waals surface area contributed by atoms with Gasteiger partial charge < -0.3 is 17.2 Å². The number of carbonyl (C=O) groups excluding carboxylic acids is 3. The molecule has 1 spiro atoms. The fourth-order valence-corrected chi connectivity index (χ4v) is 7.11. The molecule has 27 heavy (non-hydrogen) atoms. The van der Waals surface area contributed by atoms with Crippen LogP contribution in [-0.2, 0) is 19.8 Å². The van der Waals surface area contributed by atoms with Crippen LogP contribution in [0.5, 0.6) is 0 Å². The molecule has 0 unspecified atom stereocenters. The lowest BCUT2D eigenvalue weighted by Crippen LogP contribution is -2.63. The molecule has 6 nitrogen and oxygen atoms in total. The largest absolute Gasteiger partial charge is 0.370 e. The highest BCUT2D eigenvalue weighted by Gasteiger charge is 2.83. The zero-order valence-corrected chi connectivity index (χ0v) is 16.6. The Morgan fingerprint density at radius 2 is 1.56 bits per heavy atom. The number of amides is 3. The minimum absolute atomic E-state index is 0.00774. The van der Waals surface area contributed by atoms with E-state index in [1.807, 2.05) is 24.3 Å². The van der Waals surface area contributed by atoms with Crippen molar-refractivity contribution in [1.29, 1.82) is 0 Å². The van der Waals surface area contributed by atoms with Gasteiger partial charge in [-0.3, -0.25) is 14.4 Å². The van der Waals surface area contributed by atoms with Crippen molar-refractivity contribution in [2.24, 2.45) is 39.9 Å². The Labute approximate surface area is 166 Å². The van der Waals surface area contributed by atoms with Crippen molar-refractivity contribution in [3.8, 4) is 0 Å². The van der Waals surface area contributed by atoms with Crippen LogP contribution in [0, 0.1) is 22.7 Å². The molecule has 0 aliphatic heterocycles. The summed E-state index contributed by atoms with van der Waals surface area (Å²) in [6.07, 6.45) is 3.79. The van der Waals surface area contributed by atoms with Crippen molar-refractivity contribution in [1.82, 2.24) is 0 Å². The van der Waals surface area contributed by atoms with Crippen molar-refractivity contribution < 1.29 is 14.4 Å². The van der Waals surface area contributed by atoms with Gasteiger partial charge in [-0.25, -0.2) is 0 Å². The van der Waals surface area contributed by atoms with Gasteiger partial charge in [0.2, 0.25) is 17.7 Å². The van der Waals surface area contributed by atoms with E-state index >= 15 is 0 Å². The second-order valence-electron chi connectivity index (χ2n) is 8.40. The molecule has 4 atom stereocenters. The Balaban J connectivity index is 2.00.